The summed E-state index contributed by atoms with van der Waals surface area (Å²) in [5.41, 5.74) is 3.27. The number of hydrogen-bond donors (Lipinski definition) is 0. The summed E-state index contributed by atoms with van der Waals surface area (Å²) in [7, 11) is 3.20. The summed E-state index contributed by atoms with van der Waals surface area (Å²) in [5.74, 6) is 1.44. The van der Waals surface area contributed by atoms with Crippen molar-refractivity contribution in [2.75, 3.05) is 45.3 Å². The Morgan fingerprint density at radius 1 is 1.00 bits per heavy atom. The van der Waals surface area contributed by atoms with Crippen molar-refractivity contribution in [3.63, 3.8) is 0 Å². The molecule has 1 aliphatic heterocycles. The Labute approximate surface area is 165 Å². The third-order valence-electron chi connectivity index (χ3n) is 4.95. The van der Waals surface area contributed by atoms with Gasteiger partial charge in [0.2, 0.25) is 5.91 Å². The van der Waals surface area contributed by atoms with Gasteiger partial charge in [-0.15, -0.1) is 0 Å². The Hall–Kier alpha value is -2.40. The van der Waals surface area contributed by atoms with E-state index in [-0.39, 0.29) is 5.91 Å². The van der Waals surface area contributed by atoms with E-state index < -0.39 is 0 Å². The number of aryl methyl sites for hydroxylation is 1. The van der Waals surface area contributed by atoms with Crippen LogP contribution in [0.4, 0.5) is 5.69 Å². The molecule has 1 amide bonds. The second-order valence-corrected chi connectivity index (χ2v) is 7.10. The second kappa shape index (κ2) is 8.53. The number of amides is 1. The topological polar surface area (TPSA) is 42.0 Å². The molecule has 5 nitrogen and oxygen atoms in total. The molecule has 3 rings (SSSR count). The third-order valence-corrected chi connectivity index (χ3v) is 5.18. The number of piperazine rings is 1. The number of nitrogens with zero attached hydrogens (tertiary/aromatic N) is 2. The quantitative estimate of drug-likeness (QED) is 0.785. The average molecular weight is 389 g/mol. The molecule has 6 heteroatoms. The van der Waals surface area contributed by atoms with Crippen LogP contribution in [0, 0.1) is 6.92 Å². The molecule has 0 N–H and O–H groups in total. The molecule has 27 heavy (non-hydrogen) atoms. The fraction of sp³-hybridized carbons (Fsp3) is 0.381. The molecule has 0 aromatic heterocycles. The normalized spacial score (nSPS) is 14.2. The number of carbonyl (C=O) groups is 1. The zero-order valence-electron chi connectivity index (χ0n) is 16.0. The van der Waals surface area contributed by atoms with Crippen LogP contribution < -0.4 is 14.4 Å². The van der Waals surface area contributed by atoms with E-state index in [2.05, 4.69) is 11.8 Å². The van der Waals surface area contributed by atoms with Gasteiger partial charge in [0.25, 0.3) is 0 Å². The summed E-state index contributed by atoms with van der Waals surface area (Å²) < 4.78 is 10.6. The van der Waals surface area contributed by atoms with Crippen LogP contribution >= 0.6 is 11.6 Å². The number of benzene rings is 2. The lowest BCUT2D eigenvalue weighted by molar-refractivity contribution is -0.130. The fourth-order valence-corrected chi connectivity index (χ4v) is 3.56. The molecule has 0 bridgehead atoms. The highest BCUT2D eigenvalue weighted by molar-refractivity contribution is 6.30. The van der Waals surface area contributed by atoms with Crippen molar-refractivity contribution >= 4 is 23.2 Å². The number of rotatable bonds is 5. The molecule has 0 unspecified atom stereocenters. The van der Waals surface area contributed by atoms with Crippen molar-refractivity contribution in [3.05, 3.63) is 52.5 Å². The Balaban J connectivity index is 1.61. The molecule has 0 atom stereocenters. The van der Waals surface area contributed by atoms with Gasteiger partial charge in [-0.25, -0.2) is 0 Å². The Morgan fingerprint density at radius 3 is 2.37 bits per heavy atom. The van der Waals surface area contributed by atoms with E-state index in [9.17, 15) is 4.79 Å². The lowest BCUT2D eigenvalue weighted by Crippen LogP contribution is -2.49. The van der Waals surface area contributed by atoms with E-state index in [1.165, 1.54) is 5.56 Å². The largest absolute Gasteiger partial charge is 0.493 e. The van der Waals surface area contributed by atoms with E-state index in [0.717, 1.165) is 29.4 Å². The van der Waals surface area contributed by atoms with Crippen molar-refractivity contribution < 1.29 is 14.3 Å². The van der Waals surface area contributed by atoms with Gasteiger partial charge < -0.3 is 19.3 Å². The molecule has 1 saturated heterocycles. The van der Waals surface area contributed by atoms with Gasteiger partial charge in [-0.1, -0.05) is 23.7 Å². The van der Waals surface area contributed by atoms with Gasteiger partial charge in [-0.2, -0.15) is 0 Å². The van der Waals surface area contributed by atoms with Crippen molar-refractivity contribution in [1.82, 2.24) is 4.90 Å². The molecular weight excluding hydrogens is 364 g/mol. The first-order chi connectivity index (χ1) is 13.0. The lowest BCUT2D eigenvalue weighted by atomic mass is 10.1. The summed E-state index contributed by atoms with van der Waals surface area (Å²) in [6.45, 7) is 5.11. The van der Waals surface area contributed by atoms with Crippen LogP contribution in [0.5, 0.6) is 11.5 Å². The number of anilines is 1. The number of carbonyl (C=O) groups excluding carboxylic acids is 1. The van der Waals surface area contributed by atoms with Crippen LogP contribution in [0.1, 0.15) is 11.1 Å². The zero-order valence-corrected chi connectivity index (χ0v) is 16.8. The summed E-state index contributed by atoms with van der Waals surface area (Å²) in [6.07, 6.45) is 0.358. The van der Waals surface area contributed by atoms with Gasteiger partial charge in [0.05, 0.1) is 20.6 Å². The van der Waals surface area contributed by atoms with Crippen LogP contribution in [0.2, 0.25) is 5.02 Å². The molecule has 1 aliphatic rings. The standard InChI is InChI=1S/C21H25ClN2O3/c1-15-4-6-17(22)14-18(15)23-8-10-24(11-9-23)21(25)13-16-5-7-19(26-2)20(12-16)27-3/h4-7,12,14H,8-11,13H2,1-3H3. The summed E-state index contributed by atoms with van der Waals surface area (Å²) >= 11 is 6.14. The van der Waals surface area contributed by atoms with E-state index in [1.807, 2.05) is 41.3 Å². The Morgan fingerprint density at radius 2 is 1.70 bits per heavy atom. The molecule has 1 fully saturated rings. The van der Waals surface area contributed by atoms with Crippen LogP contribution in [-0.2, 0) is 11.2 Å². The van der Waals surface area contributed by atoms with Gasteiger partial charge in [-0.05, 0) is 42.3 Å². The van der Waals surface area contributed by atoms with E-state index in [1.54, 1.807) is 14.2 Å². The van der Waals surface area contributed by atoms with E-state index in [0.29, 0.717) is 31.0 Å². The van der Waals surface area contributed by atoms with Crippen molar-refractivity contribution in [3.8, 4) is 11.5 Å². The van der Waals surface area contributed by atoms with Gasteiger partial charge in [0.1, 0.15) is 0 Å². The lowest BCUT2D eigenvalue weighted by Gasteiger charge is -2.37. The van der Waals surface area contributed by atoms with E-state index >= 15 is 0 Å². The molecular formula is C21H25ClN2O3. The highest BCUT2D eigenvalue weighted by atomic mass is 35.5. The van der Waals surface area contributed by atoms with Crippen LogP contribution in [-0.4, -0.2) is 51.2 Å². The van der Waals surface area contributed by atoms with Gasteiger partial charge in [0.15, 0.2) is 11.5 Å². The Kier molecular flexibility index (Phi) is 6.11. The minimum absolute atomic E-state index is 0.129. The van der Waals surface area contributed by atoms with Crippen LogP contribution in [0.15, 0.2) is 36.4 Å². The first kappa shape index (κ1) is 19.4. The maximum absolute atomic E-state index is 12.7. The fourth-order valence-electron chi connectivity index (χ4n) is 3.40. The van der Waals surface area contributed by atoms with Gasteiger partial charge >= 0.3 is 0 Å². The van der Waals surface area contributed by atoms with Gasteiger partial charge in [-0.3, -0.25) is 4.79 Å². The van der Waals surface area contributed by atoms with Crippen molar-refractivity contribution in [1.29, 1.82) is 0 Å². The predicted octanol–water partition coefficient (Wildman–Crippen LogP) is 3.56. The van der Waals surface area contributed by atoms with Crippen LogP contribution in [0.3, 0.4) is 0 Å². The molecule has 2 aromatic rings. The highest BCUT2D eigenvalue weighted by Crippen LogP contribution is 2.28. The number of ether oxygens (including phenoxy) is 2. The minimum Gasteiger partial charge on any atom is -0.493 e. The smallest absolute Gasteiger partial charge is 0.227 e. The first-order valence-corrected chi connectivity index (χ1v) is 9.39. The molecule has 1 heterocycles. The second-order valence-electron chi connectivity index (χ2n) is 6.66. The van der Waals surface area contributed by atoms with Crippen LogP contribution in [0.25, 0.3) is 0 Å². The third kappa shape index (κ3) is 4.48. The predicted molar refractivity (Wildman–Crippen MR) is 108 cm³/mol. The summed E-state index contributed by atoms with van der Waals surface area (Å²) in [4.78, 5) is 16.9. The minimum atomic E-state index is 0.129. The maximum Gasteiger partial charge on any atom is 0.227 e. The molecule has 0 saturated carbocycles. The van der Waals surface area contributed by atoms with E-state index in [4.69, 9.17) is 21.1 Å². The van der Waals surface area contributed by atoms with Crippen molar-refractivity contribution in [2.45, 2.75) is 13.3 Å². The monoisotopic (exact) mass is 388 g/mol. The summed E-state index contributed by atoms with van der Waals surface area (Å²) in [5, 5.41) is 0.738. The molecule has 2 aromatic carbocycles. The number of hydrogen-bond acceptors (Lipinski definition) is 4. The first-order valence-electron chi connectivity index (χ1n) is 9.01. The maximum atomic E-state index is 12.7. The summed E-state index contributed by atoms with van der Waals surface area (Å²) in [6, 6.07) is 11.5. The number of halogens is 1. The molecule has 0 spiro atoms. The Bertz CT molecular complexity index is 817. The number of methoxy groups -OCH3 is 2. The van der Waals surface area contributed by atoms with Crippen molar-refractivity contribution in [2.24, 2.45) is 0 Å². The van der Waals surface area contributed by atoms with Gasteiger partial charge in [0, 0.05) is 36.9 Å². The SMILES string of the molecule is COc1ccc(CC(=O)N2CCN(c3cc(Cl)ccc3C)CC2)cc1OC. The zero-order chi connectivity index (χ0) is 19.4. The molecule has 0 aliphatic carbocycles. The molecule has 144 valence electrons. The average Bonchev–Trinajstić information content (AvgIpc) is 2.69. The highest BCUT2D eigenvalue weighted by Gasteiger charge is 2.22. The molecule has 0 radical (unpaired) electrons.